The van der Waals surface area contributed by atoms with Crippen LogP contribution in [-0.2, 0) is 6.54 Å². The molecule has 0 bridgehead atoms. The Hall–Kier alpha value is -1.77. The topological polar surface area (TPSA) is 3.88 Å². The first-order valence-electron chi connectivity index (χ1n) is 6.70. The van der Waals surface area contributed by atoms with Crippen LogP contribution < -0.4 is 4.57 Å². The molecular formula is C17H18NS+. The number of para-hydroxylation sites is 1. The van der Waals surface area contributed by atoms with Crippen LogP contribution in [0.5, 0.6) is 0 Å². The molecule has 0 amide bonds. The maximum atomic E-state index is 5.38. The van der Waals surface area contributed by atoms with Gasteiger partial charge in [-0.2, -0.15) is 4.57 Å². The Balaban J connectivity index is 2.34. The van der Waals surface area contributed by atoms with Crippen LogP contribution in [0, 0.1) is 24.2 Å². The molecule has 0 saturated carbocycles. The van der Waals surface area contributed by atoms with Crippen molar-refractivity contribution in [2.24, 2.45) is 0 Å². The first-order valence-corrected chi connectivity index (χ1v) is 7.52. The van der Waals surface area contributed by atoms with Crippen molar-refractivity contribution in [2.45, 2.75) is 39.2 Å². The number of terminal acetylenes is 1. The quantitative estimate of drug-likeness (QED) is 0.452. The highest BCUT2D eigenvalue weighted by molar-refractivity contribution is 7.18. The average Bonchev–Trinajstić information content (AvgIpc) is 2.79. The van der Waals surface area contributed by atoms with Crippen molar-refractivity contribution in [2.75, 3.05) is 0 Å². The van der Waals surface area contributed by atoms with Crippen molar-refractivity contribution in [1.82, 2.24) is 0 Å². The van der Waals surface area contributed by atoms with Crippen LogP contribution in [0.4, 0.5) is 0 Å². The third kappa shape index (κ3) is 3.37. The highest BCUT2D eigenvalue weighted by atomic mass is 32.1. The second kappa shape index (κ2) is 6.98. The normalized spacial score (nSPS) is 9.89. The van der Waals surface area contributed by atoms with Gasteiger partial charge in [0.1, 0.15) is 4.70 Å². The van der Waals surface area contributed by atoms with E-state index in [2.05, 4.69) is 53.5 Å². The molecule has 0 aliphatic carbocycles. The van der Waals surface area contributed by atoms with Gasteiger partial charge in [0.25, 0.3) is 0 Å². The predicted octanol–water partition coefficient (Wildman–Crippen LogP) is 3.75. The monoisotopic (exact) mass is 268 g/mol. The van der Waals surface area contributed by atoms with Gasteiger partial charge in [-0.05, 0) is 12.5 Å². The van der Waals surface area contributed by atoms with Crippen LogP contribution in [0.25, 0.3) is 10.2 Å². The highest BCUT2D eigenvalue weighted by Crippen LogP contribution is 2.19. The number of unbranched alkanes of at least 4 members (excludes halogenated alkanes) is 2. The summed E-state index contributed by atoms with van der Waals surface area (Å²) in [5.41, 5.74) is 1.24. The fourth-order valence-electron chi connectivity index (χ4n) is 1.93. The SMILES string of the molecule is C#CCC[n+]1c(C#CCCCC)sc2ccccc21. The van der Waals surface area contributed by atoms with Gasteiger partial charge in [0.05, 0.1) is 6.42 Å². The molecule has 0 N–H and O–H groups in total. The number of fused-ring (bicyclic) bond motifs is 1. The molecule has 2 heteroatoms. The smallest absolute Gasteiger partial charge is 0.174 e. The molecule has 0 spiro atoms. The molecule has 96 valence electrons. The van der Waals surface area contributed by atoms with Gasteiger partial charge in [0, 0.05) is 18.4 Å². The van der Waals surface area contributed by atoms with Crippen LogP contribution >= 0.6 is 11.3 Å². The maximum Gasteiger partial charge on any atom is 0.315 e. The van der Waals surface area contributed by atoms with Crippen LogP contribution in [0.1, 0.15) is 37.6 Å². The lowest BCUT2D eigenvalue weighted by atomic mass is 10.2. The first kappa shape index (κ1) is 13.7. The Bertz CT molecular complexity index is 649. The number of aryl methyl sites for hydroxylation is 1. The Labute approximate surface area is 119 Å². The third-order valence-corrected chi connectivity index (χ3v) is 4.02. The van der Waals surface area contributed by atoms with E-state index in [1.54, 1.807) is 11.3 Å². The van der Waals surface area contributed by atoms with E-state index >= 15 is 0 Å². The standard InChI is InChI=1S/C17H18NS/c1-3-5-7-8-13-17-18(14-6-4-2)15-11-9-10-12-16(15)19-17/h2,9-12H,3,5-7,14H2,1H3/q+1. The van der Waals surface area contributed by atoms with Gasteiger partial charge in [-0.1, -0.05) is 42.7 Å². The van der Waals surface area contributed by atoms with Crippen molar-refractivity contribution in [1.29, 1.82) is 0 Å². The van der Waals surface area contributed by atoms with Crippen molar-refractivity contribution >= 4 is 21.6 Å². The number of nitrogens with zero attached hydrogens (tertiary/aromatic N) is 1. The molecule has 1 heterocycles. The minimum absolute atomic E-state index is 0.745. The molecule has 2 rings (SSSR count). The number of rotatable bonds is 4. The lowest BCUT2D eigenvalue weighted by Gasteiger charge is -1.91. The molecule has 1 aromatic carbocycles. The lowest BCUT2D eigenvalue weighted by molar-refractivity contribution is -0.668. The zero-order valence-corrected chi connectivity index (χ0v) is 12.1. The summed E-state index contributed by atoms with van der Waals surface area (Å²) in [6.07, 6.45) is 9.46. The Kier molecular flexibility index (Phi) is 5.01. The number of hydrogen-bond donors (Lipinski definition) is 0. The van der Waals surface area contributed by atoms with Gasteiger partial charge in [0.15, 0.2) is 6.54 Å². The summed E-state index contributed by atoms with van der Waals surface area (Å²) < 4.78 is 3.53. The molecule has 0 radical (unpaired) electrons. The van der Waals surface area contributed by atoms with Crippen LogP contribution in [0.2, 0.25) is 0 Å². The van der Waals surface area contributed by atoms with Gasteiger partial charge in [-0.15, -0.1) is 12.3 Å². The summed E-state index contributed by atoms with van der Waals surface area (Å²) in [7, 11) is 0. The Morgan fingerprint density at radius 3 is 2.89 bits per heavy atom. The second-order valence-electron chi connectivity index (χ2n) is 4.39. The van der Waals surface area contributed by atoms with Crippen molar-refractivity contribution in [3.8, 4) is 24.2 Å². The fraction of sp³-hybridized carbons (Fsp3) is 0.353. The van der Waals surface area contributed by atoms with E-state index in [1.807, 2.05) is 0 Å². The summed E-state index contributed by atoms with van der Waals surface area (Å²) in [5, 5.41) is 1.12. The summed E-state index contributed by atoms with van der Waals surface area (Å²) in [5.74, 6) is 9.29. The van der Waals surface area contributed by atoms with Gasteiger partial charge >= 0.3 is 5.01 Å². The summed E-state index contributed by atoms with van der Waals surface area (Å²) in [6, 6.07) is 8.41. The molecule has 1 nitrogen and oxygen atoms in total. The van der Waals surface area contributed by atoms with E-state index in [-0.39, 0.29) is 0 Å². The van der Waals surface area contributed by atoms with E-state index in [4.69, 9.17) is 6.42 Å². The largest absolute Gasteiger partial charge is 0.315 e. The number of thiazole rings is 1. The Morgan fingerprint density at radius 1 is 1.26 bits per heavy atom. The molecule has 0 aliphatic rings. The average molecular weight is 268 g/mol. The fourth-order valence-corrected chi connectivity index (χ4v) is 2.99. The minimum Gasteiger partial charge on any atom is -0.174 e. The van der Waals surface area contributed by atoms with Gasteiger partial charge in [-0.3, -0.25) is 0 Å². The van der Waals surface area contributed by atoms with E-state index in [0.717, 1.165) is 24.4 Å². The highest BCUT2D eigenvalue weighted by Gasteiger charge is 2.17. The number of hydrogen-bond acceptors (Lipinski definition) is 1. The summed E-state index contributed by atoms with van der Waals surface area (Å²) in [4.78, 5) is 0. The van der Waals surface area contributed by atoms with Crippen LogP contribution in [0.3, 0.4) is 0 Å². The van der Waals surface area contributed by atoms with E-state index in [9.17, 15) is 0 Å². The second-order valence-corrected chi connectivity index (χ2v) is 5.42. The minimum atomic E-state index is 0.745. The van der Waals surface area contributed by atoms with Crippen molar-refractivity contribution in [3.05, 3.63) is 29.3 Å². The third-order valence-electron chi connectivity index (χ3n) is 2.94. The van der Waals surface area contributed by atoms with Gasteiger partial charge in [-0.25, -0.2) is 0 Å². The zero-order chi connectivity index (χ0) is 13.5. The summed E-state index contributed by atoms with van der Waals surface area (Å²) >= 11 is 1.75. The van der Waals surface area contributed by atoms with Crippen LogP contribution in [0.15, 0.2) is 24.3 Å². The van der Waals surface area contributed by atoms with Crippen molar-refractivity contribution < 1.29 is 4.57 Å². The van der Waals surface area contributed by atoms with Gasteiger partial charge < -0.3 is 0 Å². The van der Waals surface area contributed by atoms with E-state index in [1.165, 1.54) is 23.1 Å². The van der Waals surface area contributed by atoms with E-state index < -0.39 is 0 Å². The molecule has 0 saturated heterocycles. The Morgan fingerprint density at radius 2 is 2.11 bits per heavy atom. The van der Waals surface area contributed by atoms with E-state index in [0.29, 0.717) is 0 Å². The van der Waals surface area contributed by atoms with Crippen LogP contribution in [-0.4, -0.2) is 0 Å². The molecule has 0 atom stereocenters. The summed E-state index contributed by atoms with van der Waals surface area (Å²) in [6.45, 7) is 3.03. The molecule has 19 heavy (non-hydrogen) atoms. The molecular weight excluding hydrogens is 250 g/mol. The zero-order valence-electron chi connectivity index (χ0n) is 11.3. The lowest BCUT2D eigenvalue weighted by Crippen LogP contribution is -2.35. The van der Waals surface area contributed by atoms with Gasteiger partial charge in [0.2, 0.25) is 5.52 Å². The number of aromatic nitrogens is 1. The maximum absolute atomic E-state index is 5.38. The molecule has 0 unspecified atom stereocenters. The number of benzene rings is 1. The predicted molar refractivity (Wildman–Crippen MR) is 81.9 cm³/mol. The van der Waals surface area contributed by atoms with Crippen molar-refractivity contribution in [3.63, 3.8) is 0 Å². The molecule has 1 aromatic heterocycles. The molecule has 0 fully saturated rings. The molecule has 2 aromatic rings. The molecule has 0 aliphatic heterocycles. The first-order chi connectivity index (χ1) is 9.36.